The van der Waals surface area contributed by atoms with Crippen LogP contribution in [0.5, 0.6) is 0 Å². The minimum absolute atomic E-state index is 0.403. The van der Waals surface area contributed by atoms with E-state index in [1.54, 1.807) is 17.8 Å². The van der Waals surface area contributed by atoms with Crippen molar-refractivity contribution in [2.45, 2.75) is 26.3 Å². The van der Waals surface area contributed by atoms with Gasteiger partial charge in [-0.3, -0.25) is 4.99 Å². The van der Waals surface area contributed by atoms with Gasteiger partial charge < -0.3 is 5.32 Å². The summed E-state index contributed by atoms with van der Waals surface area (Å²) in [5.74, 6) is 1.67. The molecule has 0 bridgehead atoms. The molecular formula is C13H16Cl2N2S. The topological polar surface area (TPSA) is 24.4 Å². The van der Waals surface area contributed by atoms with E-state index in [1.807, 2.05) is 12.1 Å². The molecule has 0 saturated heterocycles. The Kier molecular flexibility index (Phi) is 4.82. The minimum atomic E-state index is 0.403. The Morgan fingerprint density at radius 3 is 2.83 bits per heavy atom. The molecule has 5 heteroatoms. The number of thioether (sulfide) groups is 1. The summed E-state index contributed by atoms with van der Waals surface area (Å²) in [6.45, 7) is 4.41. The maximum absolute atomic E-state index is 6.14. The first-order chi connectivity index (χ1) is 8.56. The summed E-state index contributed by atoms with van der Waals surface area (Å²) >= 11 is 13.8. The first kappa shape index (κ1) is 14.0. The Labute approximate surface area is 122 Å². The van der Waals surface area contributed by atoms with Crippen LogP contribution in [0.15, 0.2) is 23.2 Å². The van der Waals surface area contributed by atoms with Crippen molar-refractivity contribution in [2.75, 3.05) is 11.1 Å². The van der Waals surface area contributed by atoms with Crippen molar-refractivity contribution in [1.82, 2.24) is 0 Å². The van der Waals surface area contributed by atoms with Crippen LogP contribution in [0, 0.1) is 5.92 Å². The molecule has 1 aromatic carbocycles. The number of nitrogens with zero attached hydrogens (tertiary/aromatic N) is 1. The largest absolute Gasteiger partial charge is 0.334 e. The highest BCUT2D eigenvalue weighted by Crippen LogP contribution is 2.28. The Balaban J connectivity index is 2.13. The first-order valence-electron chi connectivity index (χ1n) is 5.99. The molecule has 0 aliphatic carbocycles. The Bertz CT molecular complexity index is 460. The lowest BCUT2D eigenvalue weighted by Crippen LogP contribution is -2.23. The fourth-order valence-corrected chi connectivity index (χ4v) is 3.19. The molecule has 2 nitrogen and oxygen atoms in total. The molecule has 1 aromatic rings. The van der Waals surface area contributed by atoms with Gasteiger partial charge in [0.2, 0.25) is 0 Å². The molecule has 0 saturated carbocycles. The van der Waals surface area contributed by atoms with Crippen LogP contribution in [-0.2, 0) is 0 Å². The van der Waals surface area contributed by atoms with Gasteiger partial charge in [-0.1, -0.05) is 48.8 Å². The number of aliphatic imine (C=N–C) groups is 1. The SMILES string of the molecule is CC(C)C1CCSC(Nc2ccc(Cl)cc2Cl)=N1. The smallest absolute Gasteiger partial charge is 0.161 e. The van der Waals surface area contributed by atoms with Gasteiger partial charge in [-0.25, -0.2) is 0 Å². The van der Waals surface area contributed by atoms with E-state index in [9.17, 15) is 0 Å². The van der Waals surface area contributed by atoms with E-state index in [0.717, 1.165) is 23.0 Å². The quantitative estimate of drug-likeness (QED) is 0.838. The first-order valence-corrected chi connectivity index (χ1v) is 7.73. The number of nitrogens with one attached hydrogen (secondary N) is 1. The molecule has 1 atom stereocenters. The van der Waals surface area contributed by atoms with Crippen LogP contribution in [0.25, 0.3) is 0 Å². The molecule has 1 N–H and O–H groups in total. The fraction of sp³-hybridized carbons (Fsp3) is 0.462. The molecular weight excluding hydrogens is 287 g/mol. The maximum Gasteiger partial charge on any atom is 0.161 e. The van der Waals surface area contributed by atoms with Gasteiger partial charge >= 0.3 is 0 Å². The van der Waals surface area contributed by atoms with Crippen LogP contribution in [0.4, 0.5) is 5.69 Å². The Morgan fingerprint density at radius 1 is 1.39 bits per heavy atom. The van der Waals surface area contributed by atoms with Crippen molar-refractivity contribution < 1.29 is 0 Å². The van der Waals surface area contributed by atoms with Crippen molar-refractivity contribution in [3.8, 4) is 0 Å². The summed E-state index contributed by atoms with van der Waals surface area (Å²) in [6, 6.07) is 5.84. The highest BCUT2D eigenvalue weighted by Gasteiger charge is 2.19. The highest BCUT2D eigenvalue weighted by molar-refractivity contribution is 8.14. The molecule has 98 valence electrons. The van der Waals surface area contributed by atoms with E-state index in [4.69, 9.17) is 28.2 Å². The zero-order chi connectivity index (χ0) is 13.1. The Hall–Kier alpha value is -0.380. The van der Waals surface area contributed by atoms with Crippen molar-refractivity contribution in [2.24, 2.45) is 10.9 Å². The number of halogens is 2. The molecule has 1 heterocycles. The molecule has 1 aliphatic rings. The van der Waals surface area contributed by atoms with Gasteiger partial charge in [-0.15, -0.1) is 0 Å². The average molecular weight is 303 g/mol. The van der Waals surface area contributed by atoms with Crippen LogP contribution >= 0.6 is 35.0 Å². The number of hydrogen-bond donors (Lipinski definition) is 1. The van der Waals surface area contributed by atoms with Gasteiger partial charge in [0, 0.05) is 10.8 Å². The third-order valence-corrected chi connectivity index (χ3v) is 4.35. The average Bonchev–Trinajstić information content (AvgIpc) is 2.33. The van der Waals surface area contributed by atoms with E-state index < -0.39 is 0 Å². The molecule has 0 fully saturated rings. The van der Waals surface area contributed by atoms with E-state index in [-0.39, 0.29) is 0 Å². The van der Waals surface area contributed by atoms with Crippen LogP contribution in [0.3, 0.4) is 0 Å². The van der Waals surface area contributed by atoms with Crippen molar-refractivity contribution >= 4 is 45.8 Å². The van der Waals surface area contributed by atoms with Gasteiger partial charge in [-0.05, 0) is 30.5 Å². The fourth-order valence-electron chi connectivity index (χ4n) is 1.79. The van der Waals surface area contributed by atoms with Crippen molar-refractivity contribution in [3.05, 3.63) is 28.2 Å². The second-order valence-corrected chi connectivity index (χ2v) is 6.56. The minimum Gasteiger partial charge on any atom is -0.334 e. The van der Waals surface area contributed by atoms with E-state index in [0.29, 0.717) is 22.0 Å². The molecule has 0 aromatic heterocycles. The molecule has 18 heavy (non-hydrogen) atoms. The second-order valence-electron chi connectivity index (χ2n) is 4.63. The number of anilines is 1. The monoisotopic (exact) mass is 302 g/mol. The molecule has 2 rings (SSSR count). The third-order valence-electron chi connectivity index (χ3n) is 2.88. The van der Waals surface area contributed by atoms with E-state index in [1.165, 1.54) is 0 Å². The predicted octanol–water partition coefficient (Wildman–Crippen LogP) is 4.92. The lowest BCUT2D eigenvalue weighted by molar-refractivity contribution is 0.485. The van der Waals surface area contributed by atoms with Gasteiger partial charge in [0.25, 0.3) is 0 Å². The third kappa shape index (κ3) is 3.56. The summed E-state index contributed by atoms with van der Waals surface area (Å²) in [5, 5.41) is 5.50. The van der Waals surface area contributed by atoms with Gasteiger partial charge in [-0.2, -0.15) is 0 Å². The van der Waals surface area contributed by atoms with Gasteiger partial charge in [0.1, 0.15) is 0 Å². The van der Waals surface area contributed by atoms with Crippen molar-refractivity contribution in [3.63, 3.8) is 0 Å². The number of rotatable bonds is 2. The lowest BCUT2D eigenvalue weighted by Gasteiger charge is -2.23. The maximum atomic E-state index is 6.14. The summed E-state index contributed by atoms with van der Waals surface area (Å²) in [4.78, 5) is 4.72. The predicted molar refractivity (Wildman–Crippen MR) is 83.2 cm³/mol. The molecule has 1 aliphatic heterocycles. The number of amidine groups is 1. The zero-order valence-corrected chi connectivity index (χ0v) is 12.7. The zero-order valence-electron chi connectivity index (χ0n) is 10.4. The molecule has 0 spiro atoms. The number of hydrogen-bond acceptors (Lipinski definition) is 3. The summed E-state index contributed by atoms with van der Waals surface area (Å²) in [7, 11) is 0. The summed E-state index contributed by atoms with van der Waals surface area (Å²) in [5.41, 5.74) is 0.858. The standard InChI is InChI=1S/C13H16Cl2N2S/c1-8(2)11-5-6-18-13(16-11)17-12-4-3-9(14)7-10(12)15/h3-4,7-8,11H,5-6H2,1-2H3,(H,16,17). The van der Waals surface area contributed by atoms with E-state index >= 15 is 0 Å². The van der Waals surface area contributed by atoms with Crippen LogP contribution in [0.1, 0.15) is 20.3 Å². The van der Waals surface area contributed by atoms with Crippen molar-refractivity contribution in [1.29, 1.82) is 0 Å². The normalized spacial score (nSPS) is 19.8. The highest BCUT2D eigenvalue weighted by atomic mass is 35.5. The Morgan fingerprint density at radius 2 is 2.17 bits per heavy atom. The lowest BCUT2D eigenvalue weighted by atomic mass is 10.0. The molecule has 0 radical (unpaired) electrons. The second kappa shape index (κ2) is 6.18. The summed E-state index contributed by atoms with van der Waals surface area (Å²) in [6.07, 6.45) is 1.14. The van der Waals surface area contributed by atoms with Crippen LogP contribution in [-0.4, -0.2) is 17.0 Å². The molecule has 1 unspecified atom stereocenters. The summed E-state index contributed by atoms with van der Waals surface area (Å²) < 4.78 is 0. The van der Waals surface area contributed by atoms with E-state index in [2.05, 4.69) is 19.2 Å². The van der Waals surface area contributed by atoms with Crippen LogP contribution < -0.4 is 5.32 Å². The van der Waals surface area contributed by atoms with Gasteiger partial charge in [0.15, 0.2) is 5.17 Å². The van der Waals surface area contributed by atoms with Crippen LogP contribution in [0.2, 0.25) is 10.0 Å². The van der Waals surface area contributed by atoms with Gasteiger partial charge in [0.05, 0.1) is 16.8 Å². The molecule has 0 amide bonds. The number of benzene rings is 1.